The second-order valence-electron chi connectivity index (χ2n) is 3.75. The highest BCUT2D eigenvalue weighted by molar-refractivity contribution is 7.89. The maximum absolute atomic E-state index is 13.5. The van der Waals surface area contributed by atoms with E-state index in [1.807, 2.05) is 0 Å². The van der Waals surface area contributed by atoms with Crippen molar-refractivity contribution in [1.82, 2.24) is 4.72 Å². The third kappa shape index (κ3) is 4.75. The Hall–Kier alpha value is -1.22. The van der Waals surface area contributed by atoms with E-state index >= 15 is 0 Å². The van der Waals surface area contributed by atoms with Gasteiger partial charge in [0, 0.05) is 13.2 Å². The standard InChI is InChI=1S/C11H17FN2O4S/c12-9-3-1-4-10(13)11(9)19(16,17)14-5-2-7-18-8-6-15/h1,3-4,14-15H,2,5-8,13H2. The number of anilines is 1. The number of hydrogen-bond acceptors (Lipinski definition) is 5. The minimum atomic E-state index is -3.97. The van der Waals surface area contributed by atoms with Gasteiger partial charge in [0.1, 0.15) is 10.7 Å². The fourth-order valence-electron chi connectivity index (χ4n) is 1.43. The summed E-state index contributed by atoms with van der Waals surface area (Å²) in [5.74, 6) is -0.885. The predicted octanol–water partition coefficient (Wildman–Crippen LogP) is 0.0852. The Morgan fingerprint density at radius 3 is 2.74 bits per heavy atom. The summed E-state index contributed by atoms with van der Waals surface area (Å²) in [5.41, 5.74) is 5.33. The molecule has 1 aromatic rings. The molecule has 0 fully saturated rings. The molecule has 0 spiro atoms. The fourth-order valence-corrected chi connectivity index (χ4v) is 2.69. The van der Waals surface area contributed by atoms with Gasteiger partial charge in [-0.3, -0.25) is 0 Å². The van der Waals surface area contributed by atoms with Gasteiger partial charge >= 0.3 is 0 Å². The Morgan fingerprint density at radius 2 is 2.11 bits per heavy atom. The molecular formula is C11H17FN2O4S. The van der Waals surface area contributed by atoms with Gasteiger partial charge in [0.05, 0.1) is 18.9 Å². The van der Waals surface area contributed by atoms with Crippen LogP contribution < -0.4 is 10.5 Å². The van der Waals surface area contributed by atoms with Crippen LogP contribution in [0, 0.1) is 5.82 Å². The van der Waals surface area contributed by atoms with Crippen LogP contribution in [0.15, 0.2) is 23.1 Å². The predicted molar refractivity (Wildman–Crippen MR) is 68.5 cm³/mol. The zero-order chi connectivity index (χ0) is 14.3. The van der Waals surface area contributed by atoms with Crippen LogP contribution in [0.1, 0.15) is 6.42 Å². The summed E-state index contributed by atoms with van der Waals surface area (Å²) in [7, 11) is -3.97. The first-order valence-electron chi connectivity index (χ1n) is 5.71. The lowest BCUT2D eigenvalue weighted by atomic mass is 10.3. The Labute approximate surface area is 111 Å². The molecule has 1 rings (SSSR count). The van der Waals surface area contributed by atoms with Crippen molar-refractivity contribution in [3.8, 4) is 0 Å². The molecule has 8 heteroatoms. The number of sulfonamides is 1. The summed E-state index contributed by atoms with van der Waals surface area (Å²) in [5, 5.41) is 8.47. The lowest BCUT2D eigenvalue weighted by Crippen LogP contribution is -2.27. The van der Waals surface area contributed by atoms with Crippen molar-refractivity contribution < 1.29 is 22.7 Å². The number of halogens is 1. The average molecular weight is 292 g/mol. The molecule has 4 N–H and O–H groups in total. The quantitative estimate of drug-likeness (QED) is 0.465. The van der Waals surface area contributed by atoms with E-state index in [9.17, 15) is 12.8 Å². The van der Waals surface area contributed by atoms with Gasteiger partial charge in [0.15, 0.2) is 0 Å². The van der Waals surface area contributed by atoms with Crippen molar-refractivity contribution in [2.75, 3.05) is 32.1 Å². The number of rotatable bonds is 8. The van der Waals surface area contributed by atoms with Gasteiger partial charge in [-0.2, -0.15) is 0 Å². The zero-order valence-corrected chi connectivity index (χ0v) is 11.1. The van der Waals surface area contributed by atoms with E-state index < -0.39 is 20.7 Å². The number of hydrogen-bond donors (Lipinski definition) is 3. The molecule has 6 nitrogen and oxygen atoms in total. The maximum Gasteiger partial charge on any atom is 0.245 e. The second-order valence-corrected chi connectivity index (χ2v) is 5.45. The normalized spacial score (nSPS) is 11.7. The van der Waals surface area contributed by atoms with E-state index in [2.05, 4.69) is 4.72 Å². The summed E-state index contributed by atoms with van der Waals surface area (Å²) < 4.78 is 44.4. The molecule has 0 heterocycles. The number of nitrogen functional groups attached to an aromatic ring is 1. The summed E-state index contributed by atoms with van der Waals surface area (Å²) in [6.07, 6.45) is 0.410. The number of nitrogens with two attached hydrogens (primary N) is 1. The molecule has 0 aromatic heterocycles. The van der Waals surface area contributed by atoms with Gasteiger partial charge in [0.25, 0.3) is 0 Å². The van der Waals surface area contributed by atoms with E-state index in [1.165, 1.54) is 12.1 Å². The highest BCUT2D eigenvalue weighted by atomic mass is 32.2. The number of aliphatic hydroxyl groups excluding tert-OH is 1. The Morgan fingerprint density at radius 1 is 1.37 bits per heavy atom. The van der Waals surface area contributed by atoms with E-state index in [1.54, 1.807) is 0 Å². The Bertz CT molecular complexity index is 487. The molecule has 0 aliphatic rings. The topological polar surface area (TPSA) is 102 Å². The molecule has 0 unspecified atom stereocenters. The van der Waals surface area contributed by atoms with Crippen LogP contribution in [0.5, 0.6) is 0 Å². The van der Waals surface area contributed by atoms with Gasteiger partial charge in [-0.15, -0.1) is 0 Å². The largest absolute Gasteiger partial charge is 0.398 e. The van der Waals surface area contributed by atoms with Gasteiger partial charge in [-0.05, 0) is 18.6 Å². The first kappa shape index (κ1) is 15.8. The van der Waals surface area contributed by atoms with E-state index in [-0.39, 0.29) is 25.4 Å². The molecule has 0 saturated heterocycles. The summed E-state index contributed by atoms with van der Waals surface area (Å²) in [4.78, 5) is -0.536. The minimum absolute atomic E-state index is 0.0858. The van der Waals surface area contributed by atoms with Crippen LogP contribution in [0.2, 0.25) is 0 Å². The van der Waals surface area contributed by atoms with Gasteiger partial charge in [-0.1, -0.05) is 6.07 Å². The SMILES string of the molecule is Nc1cccc(F)c1S(=O)(=O)NCCCOCCO. The van der Waals surface area contributed by atoms with Crippen molar-refractivity contribution in [3.63, 3.8) is 0 Å². The number of benzene rings is 1. The van der Waals surface area contributed by atoms with Gasteiger partial charge in [0.2, 0.25) is 10.0 Å². The van der Waals surface area contributed by atoms with Crippen molar-refractivity contribution in [2.24, 2.45) is 0 Å². The third-order valence-corrected chi connectivity index (χ3v) is 3.81. The van der Waals surface area contributed by atoms with Crippen LogP contribution >= 0.6 is 0 Å². The van der Waals surface area contributed by atoms with E-state index in [0.29, 0.717) is 13.0 Å². The third-order valence-electron chi connectivity index (χ3n) is 2.26. The van der Waals surface area contributed by atoms with E-state index in [0.717, 1.165) is 6.07 Å². The highest BCUT2D eigenvalue weighted by Gasteiger charge is 2.21. The van der Waals surface area contributed by atoms with Crippen LogP contribution in [0.25, 0.3) is 0 Å². The van der Waals surface area contributed by atoms with Crippen LogP contribution in [0.4, 0.5) is 10.1 Å². The van der Waals surface area contributed by atoms with Crippen LogP contribution in [-0.4, -0.2) is 39.9 Å². The lowest BCUT2D eigenvalue weighted by molar-refractivity contribution is 0.0913. The number of aliphatic hydroxyl groups is 1. The summed E-state index contributed by atoms with van der Waals surface area (Å²) in [6, 6.07) is 3.70. The highest BCUT2D eigenvalue weighted by Crippen LogP contribution is 2.21. The summed E-state index contributed by atoms with van der Waals surface area (Å²) >= 11 is 0. The molecule has 0 aliphatic heterocycles. The first-order chi connectivity index (χ1) is 8.99. The van der Waals surface area contributed by atoms with Crippen molar-refractivity contribution >= 4 is 15.7 Å². The molecule has 19 heavy (non-hydrogen) atoms. The monoisotopic (exact) mass is 292 g/mol. The molecule has 108 valence electrons. The fraction of sp³-hybridized carbons (Fsp3) is 0.455. The number of ether oxygens (including phenoxy) is 1. The van der Waals surface area contributed by atoms with Crippen molar-refractivity contribution in [1.29, 1.82) is 0 Å². The Kier molecular flexibility index (Phi) is 6.16. The average Bonchev–Trinajstić information content (AvgIpc) is 2.33. The van der Waals surface area contributed by atoms with Crippen molar-refractivity contribution in [2.45, 2.75) is 11.3 Å². The van der Waals surface area contributed by atoms with Gasteiger partial charge < -0.3 is 15.6 Å². The van der Waals surface area contributed by atoms with Crippen molar-refractivity contribution in [3.05, 3.63) is 24.0 Å². The molecule has 0 atom stereocenters. The molecule has 0 aliphatic carbocycles. The molecule has 0 saturated carbocycles. The maximum atomic E-state index is 13.5. The zero-order valence-electron chi connectivity index (χ0n) is 10.3. The molecule has 1 aromatic carbocycles. The second kappa shape index (κ2) is 7.39. The molecular weight excluding hydrogens is 275 g/mol. The Balaban J connectivity index is 2.57. The molecule has 0 radical (unpaired) electrons. The number of nitrogens with one attached hydrogen (secondary N) is 1. The molecule has 0 amide bonds. The lowest BCUT2D eigenvalue weighted by Gasteiger charge is -2.09. The van der Waals surface area contributed by atoms with Crippen LogP contribution in [0.3, 0.4) is 0 Å². The van der Waals surface area contributed by atoms with Crippen LogP contribution in [-0.2, 0) is 14.8 Å². The van der Waals surface area contributed by atoms with E-state index in [4.69, 9.17) is 15.6 Å². The molecule has 0 bridgehead atoms. The smallest absolute Gasteiger partial charge is 0.245 e. The summed E-state index contributed by atoms with van der Waals surface area (Å²) in [6.45, 7) is 0.516. The minimum Gasteiger partial charge on any atom is -0.398 e. The van der Waals surface area contributed by atoms with Gasteiger partial charge in [-0.25, -0.2) is 17.5 Å². The first-order valence-corrected chi connectivity index (χ1v) is 7.19.